The fourth-order valence-electron chi connectivity index (χ4n) is 11.9. The minimum Gasteiger partial charge on any atom is -0.480 e. The zero-order valence-electron chi connectivity index (χ0n) is 63.0. The number of nitrogens with two attached hydrogens (primary N) is 1. The van der Waals surface area contributed by atoms with Crippen LogP contribution in [0.5, 0.6) is 0 Å². The first-order valence-electron chi connectivity index (χ1n) is 35.7. The molecule has 1 aromatic rings. The molecule has 5 amide bonds. The molecule has 0 saturated carbocycles. The number of aliphatic carboxylic acids is 1. The smallest absolute Gasteiger partial charge is 0.323 e. The maximum absolute atomic E-state index is 14.4. The maximum Gasteiger partial charge on any atom is 0.323 e. The Morgan fingerprint density at radius 1 is 0.429 bits per heavy atom. The van der Waals surface area contributed by atoms with Crippen molar-refractivity contribution in [2.24, 2.45) is 17.6 Å². The van der Waals surface area contributed by atoms with E-state index in [0.29, 0.717) is 18.7 Å². The van der Waals surface area contributed by atoms with Gasteiger partial charge >= 0.3 is 47.8 Å². The highest BCUT2D eigenvalue weighted by atomic mass is 16.5. The van der Waals surface area contributed by atoms with Crippen LogP contribution in [-0.4, -0.2) is 352 Å². The van der Waals surface area contributed by atoms with Gasteiger partial charge in [-0.3, -0.25) is 106 Å². The molecular weight excluding hydrogens is 1370 g/mol. The van der Waals surface area contributed by atoms with Gasteiger partial charge in [-0.15, -0.1) is 0 Å². The normalized spacial score (nSPS) is 17.4. The van der Waals surface area contributed by atoms with Crippen molar-refractivity contribution in [3.8, 4) is 0 Å². The fraction of sp³-hybridized carbons (Fsp3) is 0.714. The van der Waals surface area contributed by atoms with Gasteiger partial charge in [-0.05, 0) is 49.1 Å². The first kappa shape index (κ1) is 90.9. The number of amides is 5. The second-order valence-corrected chi connectivity index (χ2v) is 26.2. The molecule has 0 aliphatic carbocycles. The van der Waals surface area contributed by atoms with Crippen LogP contribution in [0.25, 0.3) is 0 Å². The van der Waals surface area contributed by atoms with Gasteiger partial charge in [0.25, 0.3) is 0 Å². The van der Waals surface area contributed by atoms with Gasteiger partial charge in [0.2, 0.25) is 29.5 Å². The van der Waals surface area contributed by atoms with Crippen LogP contribution in [0.2, 0.25) is 0 Å². The molecule has 592 valence electrons. The van der Waals surface area contributed by atoms with Crippen LogP contribution in [0, 0.1) is 11.8 Å². The summed E-state index contributed by atoms with van der Waals surface area (Å²) in [6.07, 6.45) is 0.0566. The number of nitrogens with one attached hydrogen (secondary N) is 4. The molecule has 0 bridgehead atoms. The largest absolute Gasteiger partial charge is 0.480 e. The fourth-order valence-corrected chi connectivity index (χ4v) is 11.9. The predicted octanol–water partition coefficient (Wildman–Crippen LogP) is -2.74. The number of Topliss-reactive ketones (excluding diaryl/α,β-unsaturated/α-hetero) is 1. The molecular formula is C70H115N13O22. The molecule has 2 aliphatic rings. The van der Waals surface area contributed by atoms with Gasteiger partial charge in [0.15, 0.2) is 5.78 Å². The molecule has 7 N–H and O–H groups in total. The SMILES string of the molecule is CCC(C)[C@H](C)C(=O)N[C@@H](CCC(N)=O)C(=O)CCc1ccc(CNC(=O)[C@H](CCNC(=O)CCC(C(=O)OC)N2CCN(CC(=O)O)CCN(CC(=O)OC)CCN(CC(=O)OC)CC2)NC(=O)CCC(C(=O)OC)N2CCN(CC(=O)OC)CCN(CC(=O)OC)CCN(CC(=O)OC)CC2)cc1. The molecule has 2 aliphatic heterocycles. The zero-order chi connectivity index (χ0) is 78.0. The summed E-state index contributed by atoms with van der Waals surface area (Å²) in [4.78, 5) is 198. The Hall–Kier alpha value is -8.32. The summed E-state index contributed by atoms with van der Waals surface area (Å²) in [6, 6.07) is 2.70. The van der Waals surface area contributed by atoms with Gasteiger partial charge in [0.05, 0.1) is 95.1 Å². The number of esters is 7. The van der Waals surface area contributed by atoms with E-state index in [2.05, 4.69) is 21.3 Å². The lowest BCUT2D eigenvalue weighted by molar-refractivity contribution is -0.149. The van der Waals surface area contributed by atoms with Crippen molar-refractivity contribution in [1.82, 2.24) is 60.5 Å². The molecule has 0 radical (unpaired) electrons. The molecule has 35 heteroatoms. The highest BCUT2D eigenvalue weighted by Gasteiger charge is 2.34. The van der Waals surface area contributed by atoms with Crippen molar-refractivity contribution in [2.45, 2.75) is 116 Å². The van der Waals surface area contributed by atoms with Crippen LogP contribution in [0.4, 0.5) is 0 Å². The number of aryl methyl sites for hydroxylation is 1. The van der Waals surface area contributed by atoms with Crippen LogP contribution >= 0.6 is 0 Å². The minimum absolute atomic E-state index is 0.0389. The van der Waals surface area contributed by atoms with Crippen molar-refractivity contribution in [3.63, 3.8) is 0 Å². The third-order valence-corrected chi connectivity index (χ3v) is 19.0. The average Bonchev–Trinajstić information content (AvgIpc) is 0.889. The lowest BCUT2D eigenvalue weighted by atomic mass is 9.92. The number of benzene rings is 1. The Labute approximate surface area is 615 Å². The minimum atomic E-state index is -1.30. The second kappa shape index (κ2) is 50.2. The van der Waals surface area contributed by atoms with Crippen molar-refractivity contribution in [3.05, 3.63) is 35.4 Å². The molecule has 1 aromatic carbocycles. The van der Waals surface area contributed by atoms with Gasteiger partial charge in [-0.1, -0.05) is 51.5 Å². The van der Waals surface area contributed by atoms with Gasteiger partial charge in [0.1, 0.15) is 18.1 Å². The van der Waals surface area contributed by atoms with Gasteiger partial charge in [-0.2, -0.15) is 0 Å². The molecule has 105 heavy (non-hydrogen) atoms. The molecule has 2 heterocycles. The summed E-state index contributed by atoms with van der Waals surface area (Å²) >= 11 is 0. The number of carbonyl (C=O) groups excluding carboxylic acids is 13. The van der Waals surface area contributed by atoms with E-state index in [1.165, 1.54) is 49.8 Å². The number of ether oxygens (including phenoxy) is 7. The number of rotatable bonds is 40. The summed E-state index contributed by atoms with van der Waals surface area (Å²) < 4.78 is 35.4. The van der Waals surface area contributed by atoms with Crippen LogP contribution in [0.3, 0.4) is 0 Å². The third-order valence-electron chi connectivity index (χ3n) is 19.0. The summed E-state index contributed by atoms with van der Waals surface area (Å²) in [5, 5.41) is 21.1. The van der Waals surface area contributed by atoms with Crippen LogP contribution in [0.15, 0.2) is 24.3 Å². The van der Waals surface area contributed by atoms with Crippen molar-refractivity contribution < 1.29 is 105 Å². The Kier molecular flexibility index (Phi) is 43.5. The summed E-state index contributed by atoms with van der Waals surface area (Å²) in [5.41, 5.74) is 6.81. The Bertz CT molecular complexity index is 2930. The van der Waals surface area contributed by atoms with E-state index < -0.39 is 95.6 Å². The molecule has 2 saturated heterocycles. The van der Waals surface area contributed by atoms with Gasteiger partial charge < -0.3 is 65.3 Å². The number of ketones is 1. The highest BCUT2D eigenvalue weighted by Crippen LogP contribution is 2.19. The van der Waals surface area contributed by atoms with E-state index >= 15 is 0 Å². The topological polar surface area (TPSA) is 424 Å². The number of methoxy groups -OCH3 is 7. The van der Waals surface area contributed by atoms with Crippen LogP contribution < -0.4 is 27.0 Å². The van der Waals surface area contributed by atoms with E-state index in [4.69, 9.17) is 38.9 Å². The molecule has 3 unspecified atom stereocenters. The second-order valence-electron chi connectivity index (χ2n) is 26.2. The summed E-state index contributed by atoms with van der Waals surface area (Å²) in [6.45, 7) is 7.98. The van der Waals surface area contributed by atoms with Crippen LogP contribution in [-0.2, 0) is 113 Å². The number of carboxylic acids is 1. The van der Waals surface area contributed by atoms with Gasteiger partial charge in [0, 0.05) is 149 Å². The number of hydrogen-bond donors (Lipinski definition) is 6. The Morgan fingerprint density at radius 3 is 1.16 bits per heavy atom. The van der Waals surface area contributed by atoms with E-state index in [9.17, 15) is 72.2 Å². The molecule has 0 aromatic heterocycles. The monoisotopic (exact) mass is 1490 g/mol. The van der Waals surface area contributed by atoms with E-state index in [-0.39, 0.29) is 225 Å². The predicted molar refractivity (Wildman–Crippen MR) is 380 cm³/mol. The van der Waals surface area contributed by atoms with Crippen molar-refractivity contribution >= 4 is 83.1 Å². The third kappa shape index (κ3) is 36.0. The first-order chi connectivity index (χ1) is 50.1. The number of hydrogen-bond acceptors (Lipinski definition) is 29. The van der Waals surface area contributed by atoms with Crippen LogP contribution in [0.1, 0.15) is 89.7 Å². The maximum atomic E-state index is 14.4. The van der Waals surface area contributed by atoms with Crippen molar-refractivity contribution in [1.29, 1.82) is 0 Å². The number of nitrogens with zero attached hydrogens (tertiary/aromatic N) is 8. The van der Waals surface area contributed by atoms with E-state index in [1.807, 2.05) is 18.7 Å². The summed E-state index contributed by atoms with van der Waals surface area (Å²) in [7, 11) is 8.68. The lowest BCUT2D eigenvalue weighted by Gasteiger charge is -2.36. The number of carboxylic acid groups (broad SMARTS) is 1. The molecule has 0 spiro atoms. The first-order valence-corrected chi connectivity index (χ1v) is 35.7. The quantitative estimate of drug-likeness (QED) is 0.0287. The Balaban J connectivity index is 1.95. The van der Waals surface area contributed by atoms with Crippen molar-refractivity contribution in [2.75, 3.05) is 200 Å². The van der Waals surface area contributed by atoms with E-state index in [1.54, 1.807) is 65.5 Å². The number of primary amides is 1. The lowest BCUT2D eigenvalue weighted by Crippen LogP contribution is -2.52. The molecule has 2 fully saturated rings. The zero-order valence-corrected chi connectivity index (χ0v) is 63.0. The van der Waals surface area contributed by atoms with E-state index in [0.717, 1.165) is 12.0 Å². The average molecular weight is 1490 g/mol. The standard InChI is InChI=1S/C70H115N13O22/c1-11-49(2)50(3)67(95)75-53(17-21-58(71)85)57(84)20-16-51-12-14-52(15-13-51)42-73-68(96)54(74-60(87)23-19-56(70(98)105-10)83-40-36-80(47-65(93)102-7)32-29-78(45-63(91)100-5)30-33-81(37-41-83)48-66(94)103-8)24-25-72-59(86)22-18-55(69(97)104-9)82-38-34-76(43-61(88)89)26-27-77(44-62(90)99-4)28-31-79(35-39-82)46-64(92)101-6/h12-15,49-50,53-56H,11,16-48H2,1-10H3,(H2,71,85)(H,72,86)(H,73,96)(H,74,87)(H,75,95)(H,88,89)/t49?,50-,53-,54-,55?,56?/m0/s1. The Morgan fingerprint density at radius 2 is 0.800 bits per heavy atom. The summed E-state index contributed by atoms with van der Waals surface area (Å²) in [5.74, 6) is -8.41. The highest BCUT2D eigenvalue weighted by molar-refractivity contribution is 5.91. The van der Waals surface area contributed by atoms with Gasteiger partial charge in [-0.25, -0.2) is 0 Å². The molecule has 6 atom stereocenters. The number of carbonyl (C=O) groups is 14. The molecule has 3 rings (SSSR count). The molecule has 35 nitrogen and oxygen atoms in total.